The van der Waals surface area contributed by atoms with E-state index in [4.69, 9.17) is 5.84 Å². The van der Waals surface area contributed by atoms with Crippen LogP contribution in [0.1, 0.15) is 37.3 Å². The Bertz CT molecular complexity index is 580. The van der Waals surface area contributed by atoms with Crippen molar-refractivity contribution in [1.29, 1.82) is 0 Å². The summed E-state index contributed by atoms with van der Waals surface area (Å²) in [5, 5.41) is 4.33. The lowest BCUT2D eigenvalue weighted by atomic mass is 10.1. The molecular weight excluding hydrogens is 282 g/mol. The van der Waals surface area contributed by atoms with Gasteiger partial charge in [0.05, 0.1) is 0 Å². The topological polar surface area (TPSA) is 67.1 Å². The van der Waals surface area contributed by atoms with Gasteiger partial charge in [0.2, 0.25) is 0 Å². The van der Waals surface area contributed by atoms with Crippen molar-refractivity contribution in [2.24, 2.45) is 5.84 Å². The Labute approximate surface area is 129 Å². The van der Waals surface area contributed by atoms with E-state index < -0.39 is 0 Å². The molecule has 5 nitrogen and oxygen atoms in total. The Morgan fingerprint density at radius 1 is 1.43 bits per heavy atom. The van der Waals surface area contributed by atoms with Gasteiger partial charge in [-0.3, -0.25) is 0 Å². The fraction of sp³-hybridized carbons (Fsp3) is 0.467. The largest absolute Gasteiger partial charge is 0.349 e. The van der Waals surface area contributed by atoms with Gasteiger partial charge in [-0.1, -0.05) is 13.3 Å². The summed E-state index contributed by atoms with van der Waals surface area (Å²) in [6, 6.07) is 2.78. The highest BCUT2D eigenvalue weighted by molar-refractivity contribution is 7.07. The van der Waals surface area contributed by atoms with E-state index >= 15 is 0 Å². The number of hydrogen-bond donors (Lipinski definition) is 2. The van der Waals surface area contributed by atoms with Crippen LogP contribution in [-0.4, -0.2) is 16.0 Å². The van der Waals surface area contributed by atoms with Crippen molar-refractivity contribution in [2.45, 2.75) is 45.2 Å². The van der Waals surface area contributed by atoms with Gasteiger partial charge in [-0.2, -0.15) is 11.3 Å². The molecule has 0 amide bonds. The van der Waals surface area contributed by atoms with Crippen molar-refractivity contribution >= 4 is 23.0 Å². The van der Waals surface area contributed by atoms with Gasteiger partial charge in [-0.05, 0) is 41.7 Å². The highest BCUT2D eigenvalue weighted by Gasteiger charge is 2.32. The summed E-state index contributed by atoms with van der Waals surface area (Å²) >= 11 is 1.74. The SMILES string of the molecule is CCCc1c(NN)ncnc1N(Cc1ccsc1)C1CC1. The van der Waals surface area contributed by atoms with Crippen LogP contribution in [-0.2, 0) is 13.0 Å². The number of nitrogens with zero attached hydrogens (tertiary/aromatic N) is 3. The number of nitrogens with one attached hydrogen (secondary N) is 1. The molecule has 0 saturated heterocycles. The standard InChI is InChI=1S/C15H21N5S/c1-2-3-13-14(19-16)17-10-18-15(13)20(12-4-5-12)8-11-6-7-21-9-11/h6-7,9-10,12H,2-5,8,16H2,1H3,(H,17,18,19). The first-order valence-corrected chi connectivity index (χ1v) is 8.36. The van der Waals surface area contributed by atoms with E-state index in [0.717, 1.165) is 36.6 Å². The summed E-state index contributed by atoms with van der Waals surface area (Å²) in [6.45, 7) is 3.07. The van der Waals surface area contributed by atoms with Crippen LogP contribution in [0, 0.1) is 0 Å². The second-order valence-corrected chi connectivity index (χ2v) is 6.19. The van der Waals surface area contributed by atoms with E-state index in [-0.39, 0.29) is 0 Å². The molecular formula is C15H21N5S. The Balaban J connectivity index is 1.94. The smallest absolute Gasteiger partial charge is 0.148 e. The molecule has 6 heteroatoms. The molecule has 0 spiro atoms. The highest BCUT2D eigenvalue weighted by atomic mass is 32.1. The van der Waals surface area contributed by atoms with Crippen molar-refractivity contribution in [3.8, 4) is 0 Å². The van der Waals surface area contributed by atoms with Gasteiger partial charge in [0.15, 0.2) is 0 Å². The van der Waals surface area contributed by atoms with Crippen LogP contribution in [0.2, 0.25) is 0 Å². The number of aromatic nitrogens is 2. The van der Waals surface area contributed by atoms with E-state index in [0.29, 0.717) is 6.04 Å². The second-order valence-electron chi connectivity index (χ2n) is 5.41. The zero-order valence-corrected chi connectivity index (χ0v) is 13.1. The Hall–Kier alpha value is -1.66. The second kappa shape index (κ2) is 6.41. The Morgan fingerprint density at radius 2 is 2.29 bits per heavy atom. The molecule has 2 aromatic rings. The molecule has 0 atom stereocenters. The van der Waals surface area contributed by atoms with E-state index in [1.165, 1.54) is 18.4 Å². The van der Waals surface area contributed by atoms with Crippen LogP contribution in [0.3, 0.4) is 0 Å². The highest BCUT2D eigenvalue weighted by Crippen LogP contribution is 2.35. The zero-order chi connectivity index (χ0) is 14.7. The quantitative estimate of drug-likeness (QED) is 0.608. The molecule has 0 aliphatic heterocycles. The number of nitrogens with two attached hydrogens (primary N) is 1. The van der Waals surface area contributed by atoms with E-state index in [9.17, 15) is 0 Å². The molecule has 21 heavy (non-hydrogen) atoms. The molecule has 1 aliphatic carbocycles. The minimum absolute atomic E-state index is 0.598. The first kappa shape index (κ1) is 14.3. The van der Waals surface area contributed by atoms with Crippen molar-refractivity contribution < 1.29 is 0 Å². The molecule has 2 aromatic heterocycles. The molecule has 0 unspecified atom stereocenters. The number of hydrogen-bond acceptors (Lipinski definition) is 6. The minimum Gasteiger partial charge on any atom is -0.349 e. The fourth-order valence-electron chi connectivity index (χ4n) is 2.60. The first-order chi connectivity index (χ1) is 10.3. The predicted octanol–water partition coefficient (Wildman–Crippen LogP) is 2.95. The predicted molar refractivity (Wildman–Crippen MR) is 87.4 cm³/mol. The molecule has 2 heterocycles. The van der Waals surface area contributed by atoms with Crippen LogP contribution in [0.5, 0.6) is 0 Å². The van der Waals surface area contributed by atoms with Crippen LogP contribution in [0.25, 0.3) is 0 Å². The summed E-state index contributed by atoms with van der Waals surface area (Å²) in [5.41, 5.74) is 5.19. The van der Waals surface area contributed by atoms with Crippen molar-refractivity contribution in [3.05, 3.63) is 34.3 Å². The number of hydrazine groups is 1. The van der Waals surface area contributed by atoms with Gasteiger partial charge in [0.25, 0.3) is 0 Å². The van der Waals surface area contributed by atoms with Crippen molar-refractivity contribution in [3.63, 3.8) is 0 Å². The lowest BCUT2D eigenvalue weighted by Crippen LogP contribution is -2.28. The first-order valence-electron chi connectivity index (χ1n) is 7.41. The average Bonchev–Trinajstić information content (AvgIpc) is 3.22. The fourth-order valence-corrected chi connectivity index (χ4v) is 3.26. The van der Waals surface area contributed by atoms with Gasteiger partial charge in [0, 0.05) is 18.2 Å². The maximum atomic E-state index is 5.62. The molecule has 3 rings (SSSR count). The molecule has 1 aliphatic rings. The molecule has 112 valence electrons. The van der Waals surface area contributed by atoms with Crippen molar-refractivity contribution in [1.82, 2.24) is 9.97 Å². The van der Waals surface area contributed by atoms with E-state index in [2.05, 4.69) is 44.0 Å². The monoisotopic (exact) mass is 303 g/mol. The van der Waals surface area contributed by atoms with Crippen LogP contribution >= 0.6 is 11.3 Å². The molecule has 3 N–H and O–H groups in total. The van der Waals surface area contributed by atoms with Gasteiger partial charge in [0.1, 0.15) is 18.0 Å². The lowest BCUT2D eigenvalue weighted by Gasteiger charge is -2.26. The molecule has 0 aromatic carbocycles. The Kier molecular flexibility index (Phi) is 4.36. The van der Waals surface area contributed by atoms with Gasteiger partial charge in [-0.25, -0.2) is 15.8 Å². The third-order valence-corrected chi connectivity index (χ3v) is 4.48. The summed E-state index contributed by atoms with van der Waals surface area (Å²) < 4.78 is 0. The average molecular weight is 303 g/mol. The molecule has 1 saturated carbocycles. The molecule has 0 radical (unpaired) electrons. The van der Waals surface area contributed by atoms with Gasteiger partial charge >= 0.3 is 0 Å². The summed E-state index contributed by atoms with van der Waals surface area (Å²) in [5.74, 6) is 7.40. The maximum absolute atomic E-state index is 5.62. The third-order valence-electron chi connectivity index (χ3n) is 3.75. The lowest BCUT2D eigenvalue weighted by molar-refractivity contribution is 0.760. The Morgan fingerprint density at radius 3 is 2.90 bits per heavy atom. The van der Waals surface area contributed by atoms with Crippen LogP contribution < -0.4 is 16.2 Å². The van der Waals surface area contributed by atoms with E-state index in [1.807, 2.05) is 0 Å². The van der Waals surface area contributed by atoms with Gasteiger partial charge in [-0.15, -0.1) is 0 Å². The zero-order valence-electron chi connectivity index (χ0n) is 12.2. The van der Waals surface area contributed by atoms with Crippen LogP contribution in [0.15, 0.2) is 23.2 Å². The summed E-state index contributed by atoms with van der Waals surface area (Å²) in [7, 11) is 0. The van der Waals surface area contributed by atoms with Gasteiger partial charge < -0.3 is 10.3 Å². The third kappa shape index (κ3) is 3.16. The maximum Gasteiger partial charge on any atom is 0.148 e. The number of thiophene rings is 1. The summed E-state index contributed by atoms with van der Waals surface area (Å²) in [6.07, 6.45) is 6.07. The van der Waals surface area contributed by atoms with Crippen LogP contribution in [0.4, 0.5) is 11.6 Å². The minimum atomic E-state index is 0.598. The number of rotatable bonds is 7. The number of anilines is 2. The molecule has 1 fully saturated rings. The number of nitrogen functional groups attached to an aromatic ring is 1. The molecule has 0 bridgehead atoms. The normalized spacial score (nSPS) is 14.2. The summed E-state index contributed by atoms with van der Waals surface area (Å²) in [4.78, 5) is 11.2. The van der Waals surface area contributed by atoms with E-state index in [1.54, 1.807) is 17.7 Å². The van der Waals surface area contributed by atoms with Crippen molar-refractivity contribution in [2.75, 3.05) is 10.3 Å².